The molecular weight excluding hydrogens is 240 g/mol. The van der Waals surface area contributed by atoms with Crippen molar-refractivity contribution >= 4 is 18.5 Å². The monoisotopic (exact) mass is 249 g/mol. The molecule has 0 radical (unpaired) electrons. The SMILES string of the molecule is Cl.O=C1N[C@@H](c2ccc(F)cc2F)CCO1. The summed E-state index contributed by atoms with van der Waals surface area (Å²) in [5.41, 5.74) is 0.285. The number of alkyl carbamates (subject to hydrolysis) is 1. The molecule has 6 heteroatoms. The van der Waals surface area contributed by atoms with E-state index in [9.17, 15) is 13.6 Å². The lowest BCUT2D eigenvalue weighted by Crippen LogP contribution is -2.35. The predicted molar refractivity (Wildman–Crippen MR) is 55.4 cm³/mol. The van der Waals surface area contributed by atoms with Crippen LogP contribution in [0.2, 0.25) is 0 Å². The van der Waals surface area contributed by atoms with Crippen LogP contribution in [0.5, 0.6) is 0 Å². The molecular formula is C10H10ClF2NO2. The molecule has 1 aliphatic rings. The molecule has 0 aliphatic carbocycles. The van der Waals surface area contributed by atoms with Gasteiger partial charge in [-0.2, -0.15) is 0 Å². The summed E-state index contributed by atoms with van der Waals surface area (Å²) < 4.78 is 30.6. The van der Waals surface area contributed by atoms with Crippen LogP contribution in [0.15, 0.2) is 18.2 Å². The van der Waals surface area contributed by atoms with E-state index in [0.29, 0.717) is 6.42 Å². The summed E-state index contributed by atoms with van der Waals surface area (Å²) in [7, 11) is 0. The van der Waals surface area contributed by atoms with E-state index in [0.717, 1.165) is 6.07 Å². The van der Waals surface area contributed by atoms with Crippen molar-refractivity contribution in [2.75, 3.05) is 6.61 Å². The fourth-order valence-electron chi connectivity index (χ4n) is 1.54. The van der Waals surface area contributed by atoms with E-state index in [1.807, 2.05) is 0 Å². The van der Waals surface area contributed by atoms with Crippen LogP contribution in [0.3, 0.4) is 0 Å². The van der Waals surface area contributed by atoms with Gasteiger partial charge in [-0.1, -0.05) is 6.07 Å². The number of hydrogen-bond donors (Lipinski definition) is 1. The van der Waals surface area contributed by atoms with Gasteiger partial charge in [-0.15, -0.1) is 12.4 Å². The van der Waals surface area contributed by atoms with Crippen LogP contribution in [0.25, 0.3) is 0 Å². The van der Waals surface area contributed by atoms with Crippen LogP contribution in [0.4, 0.5) is 13.6 Å². The Morgan fingerprint density at radius 3 is 2.75 bits per heavy atom. The van der Waals surface area contributed by atoms with E-state index in [4.69, 9.17) is 0 Å². The van der Waals surface area contributed by atoms with E-state index >= 15 is 0 Å². The summed E-state index contributed by atoms with van der Waals surface area (Å²) in [5, 5.41) is 2.47. The van der Waals surface area contributed by atoms with Gasteiger partial charge in [0.15, 0.2) is 0 Å². The Balaban J connectivity index is 0.00000128. The van der Waals surface area contributed by atoms with Crippen LogP contribution in [-0.2, 0) is 4.74 Å². The molecule has 1 aromatic carbocycles. The number of hydrogen-bond acceptors (Lipinski definition) is 2. The zero-order chi connectivity index (χ0) is 10.8. The highest BCUT2D eigenvalue weighted by Gasteiger charge is 2.23. The number of benzene rings is 1. The molecule has 1 aromatic rings. The summed E-state index contributed by atoms with van der Waals surface area (Å²) in [6, 6.07) is 2.87. The molecule has 0 bridgehead atoms. The highest BCUT2D eigenvalue weighted by atomic mass is 35.5. The summed E-state index contributed by atoms with van der Waals surface area (Å²) in [5.74, 6) is -1.28. The first kappa shape index (κ1) is 12.7. The van der Waals surface area contributed by atoms with Gasteiger partial charge in [-0.3, -0.25) is 0 Å². The molecule has 0 aromatic heterocycles. The van der Waals surface area contributed by atoms with Crippen molar-refractivity contribution in [3.05, 3.63) is 35.4 Å². The number of rotatable bonds is 1. The zero-order valence-electron chi connectivity index (χ0n) is 8.20. The number of carbonyl (C=O) groups excluding carboxylic acids is 1. The number of halogens is 3. The van der Waals surface area contributed by atoms with Crippen LogP contribution < -0.4 is 5.32 Å². The first-order valence-electron chi connectivity index (χ1n) is 4.55. The van der Waals surface area contributed by atoms with Gasteiger partial charge in [0.25, 0.3) is 0 Å². The van der Waals surface area contributed by atoms with Crippen LogP contribution >= 0.6 is 12.4 Å². The molecule has 1 atom stereocenters. The third-order valence-electron chi connectivity index (χ3n) is 2.27. The number of cyclic esters (lactones) is 1. The van der Waals surface area contributed by atoms with E-state index in [1.165, 1.54) is 12.1 Å². The van der Waals surface area contributed by atoms with E-state index < -0.39 is 23.8 Å². The van der Waals surface area contributed by atoms with Gasteiger partial charge in [-0.05, 0) is 6.07 Å². The van der Waals surface area contributed by atoms with Gasteiger partial charge in [0, 0.05) is 18.1 Å². The Morgan fingerprint density at radius 1 is 1.38 bits per heavy atom. The van der Waals surface area contributed by atoms with E-state index in [2.05, 4.69) is 10.1 Å². The van der Waals surface area contributed by atoms with Gasteiger partial charge < -0.3 is 10.1 Å². The van der Waals surface area contributed by atoms with Crippen molar-refractivity contribution < 1.29 is 18.3 Å². The lowest BCUT2D eigenvalue weighted by Gasteiger charge is -2.23. The minimum atomic E-state index is -0.651. The molecule has 3 nitrogen and oxygen atoms in total. The molecule has 0 unspecified atom stereocenters. The summed E-state index contributed by atoms with van der Waals surface area (Å²) >= 11 is 0. The van der Waals surface area contributed by atoms with Crippen molar-refractivity contribution in [3.63, 3.8) is 0 Å². The molecule has 88 valence electrons. The number of amides is 1. The fraction of sp³-hybridized carbons (Fsp3) is 0.300. The molecule has 1 amide bonds. The molecule has 0 saturated carbocycles. The van der Waals surface area contributed by atoms with Crippen molar-refractivity contribution in [2.45, 2.75) is 12.5 Å². The Kier molecular flexibility index (Phi) is 4.06. The van der Waals surface area contributed by atoms with Crippen LogP contribution in [0.1, 0.15) is 18.0 Å². The van der Waals surface area contributed by atoms with Crippen molar-refractivity contribution in [3.8, 4) is 0 Å². The Morgan fingerprint density at radius 2 is 2.12 bits per heavy atom. The van der Waals surface area contributed by atoms with Gasteiger partial charge in [0.2, 0.25) is 0 Å². The molecule has 1 fully saturated rings. The van der Waals surface area contributed by atoms with Gasteiger partial charge in [0.1, 0.15) is 11.6 Å². The zero-order valence-corrected chi connectivity index (χ0v) is 9.02. The lowest BCUT2D eigenvalue weighted by atomic mass is 10.0. The fourth-order valence-corrected chi connectivity index (χ4v) is 1.54. The molecule has 16 heavy (non-hydrogen) atoms. The van der Waals surface area contributed by atoms with Crippen molar-refractivity contribution in [2.24, 2.45) is 0 Å². The first-order chi connectivity index (χ1) is 7.16. The van der Waals surface area contributed by atoms with E-state index in [1.54, 1.807) is 0 Å². The smallest absolute Gasteiger partial charge is 0.407 e. The Hall–Kier alpha value is -1.36. The second-order valence-electron chi connectivity index (χ2n) is 3.29. The minimum absolute atomic E-state index is 0. The average molecular weight is 250 g/mol. The summed E-state index contributed by atoms with van der Waals surface area (Å²) in [6.45, 7) is 0.243. The quantitative estimate of drug-likeness (QED) is 0.831. The van der Waals surface area contributed by atoms with Gasteiger partial charge in [-0.25, -0.2) is 13.6 Å². The standard InChI is InChI=1S/C10H9F2NO2.ClH/c11-6-1-2-7(8(12)5-6)9-3-4-15-10(14)13-9;/h1-2,5,9H,3-4H2,(H,13,14);1H/t9-;/m1./s1. The Bertz CT molecular complexity index is 400. The van der Waals surface area contributed by atoms with Crippen molar-refractivity contribution in [1.29, 1.82) is 0 Å². The molecule has 1 heterocycles. The lowest BCUT2D eigenvalue weighted by molar-refractivity contribution is 0.115. The maximum atomic E-state index is 13.3. The minimum Gasteiger partial charge on any atom is -0.449 e. The second kappa shape index (κ2) is 5.12. The largest absolute Gasteiger partial charge is 0.449 e. The molecule has 0 spiro atoms. The Labute approximate surface area is 97.2 Å². The normalized spacial score (nSPS) is 19.4. The topological polar surface area (TPSA) is 38.3 Å². The predicted octanol–water partition coefficient (Wildman–Crippen LogP) is 2.56. The van der Waals surface area contributed by atoms with Crippen LogP contribution in [0, 0.1) is 11.6 Å². The van der Waals surface area contributed by atoms with Crippen LogP contribution in [-0.4, -0.2) is 12.7 Å². The highest BCUT2D eigenvalue weighted by molar-refractivity contribution is 5.85. The number of ether oxygens (including phenoxy) is 1. The highest BCUT2D eigenvalue weighted by Crippen LogP contribution is 2.23. The first-order valence-corrected chi connectivity index (χ1v) is 4.55. The second-order valence-corrected chi connectivity index (χ2v) is 3.29. The summed E-state index contributed by atoms with van der Waals surface area (Å²) in [4.78, 5) is 10.9. The van der Waals surface area contributed by atoms with E-state index in [-0.39, 0.29) is 24.6 Å². The third-order valence-corrected chi connectivity index (χ3v) is 2.27. The summed E-state index contributed by atoms with van der Waals surface area (Å²) in [6.07, 6.45) is -0.0936. The number of carbonyl (C=O) groups is 1. The van der Waals surface area contributed by atoms with Crippen molar-refractivity contribution in [1.82, 2.24) is 5.32 Å². The average Bonchev–Trinajstić information content (AvgIpc) is 2.17. The van der Waals surface area contributed by atoms with Gasteiger partial charge >= 0.3 is 6.09 Å². The molecule has 1 saturated heterocycles. The third kappa shape index (κ3) is 2.61. The molecule has 1 aliphatic heterocycles. The molecule has 1 N–H and O–H groups in total. The maximum Gasteiger partial charge on any atom is 0.407 e. The maximum absolute atomic E-state index is 13.3. The number of nitrogens with one attached hydrogen (secondary N) is 1. The van der Waals surface area contributed by atoms with Gasteiger partial charge in [0.05, 0.1) is 12.6 Å². The molecule has 2 rings (SSSR count).